The number of benzene rings is 2. The lowest BCUT2D eigenvalue weighted by Gasteiger charge is -2.45. The van der Waals surface area contributed by atoms with Crippen molar-refractivity contribution < 1.29 is 14.3 Å². The van der Waals surface area contributed by atoms with Crippen molar-refractivity contribution in [2.24, 2.45) is 23.2 Å². The van der Waals surface area contributed by atoms with Gasteiger partial charge in [-0.1, -0.05) is 64.7 Å². The smallest absolute Gasteiger partial charge is 0.338 e. The highest BCUT2D eigenvalue weighted by Gasteiger charge is 2.45. The number of halogens is 2. The zero-order valence-corrected chi connectivity index (χ0v) is 22.5. The number of amides is 1. The van der Waals surface area contributed by atoms with Crippen LogP contribution in [0.5, 0.6) is 0 Å². The number of nitrogens with one attached hydrogen (secondary N) is 1. The Hall–Kier alpha value is -2.04. The largest absolute Gasteiger partial charge is 0.458 e. The summed E-state index contributed by atoms with van der Waals surface area (Å²) >= 11 is 12.0. The molecule has 0 aliphatic heterocycles. The third-order valence-corrected chi connectivity index (χ3v) is 6.78. The fourth-order valence-corrected chi connectivity index (χ4v) is 4.70. The number of ether oxygens (including phenoxy) is 1. The molecule has 0 saturated heterocycles. The van der Waals surface area contributed by atoms with E-state index in [2.05, 4.69) is 46.9 Å². The summed E-state index contributed by atoms with van der Waals surface area (Å²) in [7, 11) is 0. The first kappa shape index (κ1) is 28.2. The Morgan fingerprint density at radius 3 is 1.76 bits per heavy atom. The van der Waals surface area contributed by atoms with E-state index in [1.807, 2.05) is 0 Å². The maximum Gasteiger partial charge on any atom is 0.338 e. The highest BCUT2D eigenvalue weighted by molar-refractivity contribution is 6.31. The highest BCUT2D eigenvalue weighted by atomic mass is 35.5. The summed E-state index contributed by atoms with van der Waals surface area (Å²) in [5.74, 6) is 0.263. The fraction of sp³-hybridized carbons (Fsp3) is 0.500. The summed E-state index contributed by atoms with van der Waals surface area (Å²) in [6.07, 6.45) is 1.13. The molecule has 0 aromatic heterocycles. The molecular formula is C28H37Cl2NO3. The van der Waals surface area contributed by atoms with Gasteiger partial charge in [0.05, 0.1) is 5.56 Å². The van der Waals surface area contributed by atoms with E-state index in [-0.39, 0.29) is 23.9 Å². The van der Waals surface area contributed by atoms with Crippen LogP contribution in [-0.2, 0) is 4.74 Å². The van der Waals surface area contributed by atoms with Gasteiger partial charge in [0.1, 0.15) is 6.10 Å². The first-order chi connectivity index (χ1) is 15.9. The Balaban J connectivity index is 2.38. The molecule has 2 aromatic carbocycles. The summed E-state index contributed by atoms with van der Waals surface area (Å²) in [5, 5.41) is 4.28. The summed E-state index contributed by atoms with van der Waals surface area (Å²) < 4.78 is 6.22. The van der Waals surface area contributed by atoms with Crippen molar-refractivity contribution in [3.8, 4) is 0 Å². The molecule has 2 rings (SSSR count). The molecular weight excluding hydrogens is 469 g/mol. The SMILES string of the molecule is CC(C)CC(OC(=O)c1ccc(Cl)cc1)C(CNC(=O)c1ccc(Cl)cc1)(CC(C)C)C(C)C. The minimum Gasteiger partial charge on any atom is -0.458 e. The Morgan fingerprint density at radius 1 is 0.824 bits per heavy atom. The molecule has 0 radical (unpaired) electrons. The summed E-state index contributed by atoms with van der Waals surface area (Å²) in [5.41, 5.74) is 0.568. The molecule has 0 bridgehead atoms. The van der Waals surface area contributed by atoms with Crippen LogP contribution < -0.4 is 5.32 Å². The van der Waals surface area contributed by atoms with Crippen LogP contribution in [0.4, 0.5) is 0 Å². The zero-order valence-electron chi connectivity index (χ0n) is 21.0. The molecule has 2 unspecified atom stereocenters. The van der Waals surface area contributed by atoms with Gasteiger partial charge in [0.15, 0.2) is 0 Å². The van der Waals surface area contributed by atoms with Crippen LogP contribution in [0.2, 0.25) is 10.0 Å². The second kappa shape index (κ2) is 12.6. The molecule has 0 spiro atoms. The van der Waals surface area contributed by atoms with Gasteiger partial charge in [-0.15, -0.1) is 0 Å². The summed E-state index contributed by atoms with van der Waals surface area (Å²) in [6, 6.07) is 13.6. The van der Waals surface area contributed by atoms with E-state index in [0.29, 0.717) is 46.0 Å². The van der Waals surface area contributed by atoms with Gasteiger partial charge in [0, 0.05) is 27.6 Å². The fourth-order valence-electron chi connectivity index (χ4n) is 4.45. The second-order valence-electron chi connectivity index (χ2n) is 10.2. The van der Waals surface area contributed by atoms with Crippen LogP contribution in [0, 0.1) is 23.2 Å². The molecule has 2 aromatic rings. The molecule has 1 N–H and O–H groups in total. The molecule has 186 valence electrons. The Labute approximate surface area is 214 Å². The number of hydrogen-bond acceptors (Lipinski definition) is 3. The number of carbonyl (C=O) groups is 2. The Kier molecular flexibility index (Phi) is 10.5. The van der Waals surface area contributed by atoms with E-state index < -0.39 is 5.41 Å². The van der Waals surface area contributed by atoms with E-state index in [1.165, 1.54) is 0 Å². The number of rotatable bonds is 11. The maximum atomic E-state index is 13.1. The standard InChI is InChI=1S/C28H37Cl2NO3/c1-18(2)15-25(34-27(33)22-9-13-24(30)14-10-22)28(20(5)6,16-19(3)4)17-31-26(32)21-7-11-23(29)12-8-21/h7-14,18-20,25H,15-17H2,1-6H3,(H,31,32). The van der Waals surface area contributed by atoms with E-state index in [0.717, 1.165) is 6.42 Å². The number of esters is 1. The van der Waals surface area contributed by atoms with Gasteiger partial charge in [-0.2, -0.15) is 0 Å². The average molecular weight is 507 g/mol. The van der Waals surface area contributed by atoms with Gasteiger partial charge in [-0.3, -0.25) is 4.79 Å². The molecule has 0 saturated carbocycles. The van der Waals surface area contributed by atoms with Crippen LogP contribution in [0.3, 0.4) is 0 Å². The third-order valence-electron chi connectivity index (χ3n) is 6.28. The van der Waals surface area contributed by atoms with Crippen molar-refractivity contribution in [3.63, 3.8) is 0 Å². The monoisotopic (exact) mass is 505 g/mol. The van der Waals surface area contributed by atoms with Crippen LogP contribution in [0.1, 0.15) is 75.1 Å². The predicted molar refractivity (Wildman–Crippen MR) is 141 cm³/mol. The molecule has 0 aliphatic carbocycles. The Bertz CT molecular complexity index is 939. The molecule has 4 nitrogen and oxygen atoms in total. The molecule has 0 aliphatic rings. The minimum absolute atomic E-state index is 0.155. The normalized spacial score (nSPS) is 14.2. The average Bonchev–Trinajstić information content (AvgIpc) is 2.76. The van der Waals surface area contributed by atoms with Crippen LogP contribution in [0.25, 0.3) is 0 Å². The highest BCUT2D eigenvalue weighted by Crippen LogP contribution is 2.42. The van der Waals surface area contributed by atoms with E-state index in [9.17, 15) is 9.59 Å². The van der Waals surface area contributed by atoms with Crippen molar-refractivity contribution in [2.75, 3.05) is 6.54 Å². The quantitative estimate of drug-likeness (QED) is 0.318. The van der Waals surface area contributed by atoms with Crippen LogP contribution >= 0.6 is 23.2 Å². The molecule has 6 heteroatoms. The number of hydrogen-bond donors (Lipinski definition) is 1. The Morgan fingerprint density at radius 2 is 1.32 bits per heavy atom. The maximum absolute atomic E-state index is 13.1. The summed E-state index contributed by atoms with van der Waals surface area (Å²) in [6.45, 7) is 13.2. The zero-order chi connectivity index (χ0) is 25.5. The molecule has 1 amide bonds. The molecule has 0 heterocycles. The van der Waals surface area contributed by atoms with Crippen LogP contribution in [0.15, 0.2) is 48.5 Å². The predicted octanol–water partition coefficient (Wildman–Crippen LogP) is 7.68. The van der Waals surface area contributed by atoms with E-state index in [1.54, 1.807) is 48.5 Å². The first-order valence-corrected chi connectivity index (χ1v) is 12.7. The van der Waals surface area contributed by atoms with Crippen molar-refractivity contribution in [1.82, 2.24) is 5.32 Å². The van der Waals surface area contributed by atoms with Gasteiger partial charge in [-0.25, -0.2) is 4.79 Å². The van der Waals surface area contributed by atoms with Gasteiger partial charge >= 0.3 is 5.97 Å². The van der Waals surface area contributed by atoms with E-state index >= 15 is 0 Å². The van der Waals surface area contributed by atoms with Crippen LogP contribution in [-0.4, -0.2) is 24.5 Å². The summed E-state index contributed by atoms with van der Waals surface area (Å²) in [4.78, 5) is 26.1. The first-order valence-electron chi connectivity index (χ1n) is 11.9. The molecule has 0 fully saturated rings. The van der Waals surface area contributed by atoms with Gasteiger partial charge in [0.25, 0.3) is 5.91 Å². The second-order valence-corrected chi connectivity index (χ2v) is 11.1. The third kappa shape index (κ3) is 7.74. The van der Waals surface area contributed by atoms with Crippen molar-refractivity contribution in [2.45, 2.75) is 60.5 Å². The molecule has 2 atom stereocenters. The number of carbonyl (C=O) groups excluding carboxylic acids is 2. The lowest BCUT2D eigenvalue weighted by Crippen LogP contribution is -2.51. The van der Waals surface area contributed by atoms with Gasteiger partial charge < -0.3 is 10.1 Å². The lowest BCUT2D eigenvalue weighted by molar-refractivity contribution is -0.0564. The minimum atomic E-state index is -0.442. The van der Waals surface area contributed by atoms with Crippen molar-refractivity contribution in [3.05, 3.63) is 69.7 Å². The lowest BCUT2D eigenvalue weighted by atomic mass is 9.65. The van der Waals surface area contributed by atoms with Crippen molar-refractivity contribution in [1.29, 1.82) is 0 Å². The van der Waals surface area contributed by atoms with Crippen molar-refractivity contribution >= 4 is 35.1 Å². The topological polar surface area (TPSA) is 55.4 Å². The molecule has 34 heavy (non-hydrogen) atoms. The van der Waals surface area contributed by atoms with Gasteiger partial charge in [0.2, 0.25) is 0 Å². The van der Waals surface area contributed by atoms with E-state index in [4.69, 9.17) is 27.9 Å². The van der Waals surface area contributed by atoms with Gasteiger partial charge in [-0.05, 0) is 79.1 Å².